The quantitative estimate of drug-likeness (QED) is 0.815. The molecule has 21 heavy (non-hydrogen) atoms. The van der Waals surface area contributed by atoms with E-state index in [9.17, 15) is 4.79 Å². The van der Waals surface area contributed by atoms with Gasteiger partial charge in [-0.15, -0.1) is 0 Å². The molecule has 1 N–H and O–H groups in total. The Kier molecular flexibility index (Phi) is 5.76. The van der Waals surface area contributed by atoms with Gasteiger partial charge >= 0.3 is 5.97 Å². The Bertz CT molecular complexity index is 443. The summed E-state index contributed by atoms with van der Waals surface area (Å²) >= 11 is 0. The lowest BCUT2D eigenvalue weighted by atomic mass is 9.88. The molecule has 1 aliphatic heterocycles. The third kappa shape index (κ3) is 3.63. The van der Waals surface area contributed by atoms with Crippen molar-refractivity contribution in [1.82, 2.24) is 10.2 Å². The molecule has 1 aromatic rings. The SMILES string of the molecule is CCNC(CN1CCCCC1)(C(=O)OC)c1ccccc1. The third-order valence-corrected chi connectivity index (χ3v) is 4.19. The van der Waals surface area contributed by atoms with Crippen LogP contribution in [0.1, 0.15) is 31.7 Å². The van der Waals surface area contributed by atoms with Gasteiger partial charge in [0.2, 0.25) is 0 Å². The number of nitrogens with zero attached hydrogens (tertiary/aromatic N) is 1. The first-order chi connectivity index (χ1) is 10.2. The molecule has 1 atom stereocenters. The molecule has 0 bridgehead atoms. The summed E-state index contributed by atoms with van der Waals surface area (Å²) in [7, 11) is 1.47. The first-order valence-electron chi connectivity index (χ1n) is 7.84. The fraction of sp³-hybridized carbons (Fsp3) is 0.588. The summed E-state index contributed by atoms with van der Waals surface area (Å²) in [6.45, 7) is 5.51. The van der Waals surface area contributed by atoms with Crippen molar-refractivity contribution in [3.8, 4) is 0 Å². The molecule has 0 radical (unpaired) electrons. The molecule has 1 unspecified atom stereocenters. The number of carbonyl (C=O) groups is 1. The smallest absolute Gasteiger partial charge is 0.332 e. The number of ether oxygens (including phenoxy) is 1. The Hall–Kier alpha value is -1.39. The Balaban J connectivity index is 2.32. The molecule has 1 fully saturated rings. The van der Waals surface area contributed by atoms with Crippen molar-refractivity contribution in [1.29, 1.82) is 0 Å². The van der Waals surface area contributed by atoms with E-state index < -0.39 is 5.54 Å². The predicted octanol–water partition coefficient (Wildman–Crippen LogP) is 2.15. The summed E-state index contributed by atoms with van der Waals surface area (Å²) in [4.78, 5) is 15.0. The standard InChI is InChI=1S/C17H26N2O2/c1-3-18-17(16(20)21-2,15-10-6-4-7-11-15)14-19-12-8-5-9-13-19/h4,6-7,10-11,18H,3,5,8-9,12-14H2,1-2H3. The maximum absolute atomic E-state index is 12.6. The van der Waals surface area contributed by atoms with E-state index in [1.807, 2.05) is 37.3 Å². The molecule has 1 saturated heterocycles. The number of methoxy groups -OCH3 is 1. The van der Waals surface area contributed by atoms with Crippen molar-refractivity contribution in [2.45, 2.75) is 31.7 Å². The zero-order chi connectivity index (χ0) is 15.1. The van der Waals surface area contributed by atoms with Gasteiger partial charge in [-0.3, -0.25) is 5.32 Å². The molecule has 0 aromatic heterocycles. The molecule has 0 spiro atoms. The van der Waals surface area contributed by atoms with Crippen LogP contribution in [0.2, 0.25) is 0 Å². The summed E-state index contributed by atoms with van der Waals surface area (Å²) in [5.41, 5.74) is 0.200. The molecule has 0 aliphatic carbocycles. The second-order valence-electron chi connectivity index (χ2n) is 5.63. The molecule has 1 aliphatic rings. The lowest BCUT2D eigenvalue weighted by Crippen LogP contribution is -2.57. The van der Waals surface area contributed by atoms with Gasteiger partial charge in [-0.25, -0.2) is 4.79 Å². The molecule has 0 saturated carbocycles. The van der Waals surface area contributed by atoms with Crippen LogP contribution in [-0.4, -0.2) is 44.2 Å². The maximum atomic E-state index is 12.6. The number of nitrogens with one attached hydrogen (secondary N) is 1. The number of carbonyl (C=O) groups excluding carboxylic acids is 1. The highest BCUT2D eigenvalue weighted by atomic mass is 16.5. The van der Waals surface area contributed by atoms with E-state index in [-0.39, 0.29) is 5.97 Å². The molecule has 116 valence electrons. The van der Waals surface area contributed by atoms with Crippen molar-refractivity contribution in [2.24, 2.45) is 0 Å². The minimum Gasteiger partial charge on any atom is -0.467 e. The number of esters is 1. The average molecular weight is 290 g/mol. The third-order valence-electron chi connectivity index (χ3n) is 4.19. The van der Waals surface area contributed by atoms with Gasteiger partial charge in [0.05, 0.1) is 7.11 Å². The van der Waals surface area contributed by atoms with Crippen LogP contribution in [0.3, 0.4) is 0 Å². The maximum Gasteiger partial charge on any atom is 0.332 e. The first-order valence-corrected chi connectivity index (χ1v) is 7.84. The number of hydrogen-bond acceptors (Lipinski definition) is 4. The molecular weight excluding hydrogens is 264 g/mol. The van der Waals surface area contributed by atoms with Gasteiger partial charge in [0.15, 0.2) is 5.54 Å². The Morgan fingerprint density at radius 3 is 2.48 bits per heavy atom. The van der Waals surface area contributed by atoms with Gasteiger partial charge in [-0.05, 0) is 38.0 Å². The van der Waals surface area contributed by atoms with Crippen molar-refractivity contribution in [2.75, 3.05) is 33.3 Å². The molecule has 0 amide bonds. The number of benzene rings is 1. The van der Waals surface area contributed by atoms with Crippen LogP contribution in [0.4, 0.5) is 0 Å². The van der Waals surface area contributed by atoms with E-state index in [1.54, 1.807) is 0 Å². The highest BCUT2D eigenvalue weighted by Crippen LogP contribution is 2.26. The van der Waals surface area contributed by atoms with E-state index >= 15 is 0 Å². The number of likely N-dealkylation sites (tertiary alicyclic amines) is 1. The van der Waals surface area contributed by atoms with E-state index in [2.05, 4.69) is 10.2 Å². The fourth-order valence-electron chi connectivity index (χ4n) is 3.16. The molecule has 2 rings (SSSR count). The van der Waals surface area contributed by atoms with Crippen LogP contribution in [0.15, 0.2) is 30.3 Å². The van der Waals surface area contributed by atoms with Crippen LogP contribution in [0, 0.1) is 0 Å². The van der Waals surface area contributed by atoms with Gasteiger partial charge in [0, 0.05) is 6.54 Å². The van der Waals surface area contributed by atoms with Gasteiger partial charge in [-0.1, -0.05) is 43.7 Å². The molecule has 4 heteroatoms. The van der Waals surface area contributed by atoms with Gasteiger partial charge in [-0.2, -0.15) is 0 Å². The first kappa shape index (κ1) is 16.0. The second-order valence-corrected chi connectivity index (χ2v) is 5.63. The van der Waals surface area contributed by atoms with E-state index in [0.29, 0.717) is 6.54 Å². The predicted molar refractivity (Wildman–Crippen MR) is 84.1 cm³/mol. The van der Waals surface area contributed by atoms with Crippen molar-refractivity contribution >= 4 is 5.97 Å². The average Bonchev–Trinajstić information content (AvgIpc) is 2.55. The van der Waals surface area contributed by atoms with Crippen LogP contribution in [0.25, 0.3) is 0 Å². The molecule has 1 heterocycles. The number of piperidine rings is 1. The lowest BCUT2D eigenvalue weighted by molar-refractivity contribution is -0.150. The summed E-state index contributed by atoms with van der Waals surface area (Å²) in [5.74, 6) is -0.207. The Labute approximate surface area is 127 Å². The number of rotatable bonds is 6. The van der Waals surface area contributed by atoms with Crippen molar-refractivity contribution < 1.29 is 9.53 Å². The summed E-state index contributed by atoms with van der Waals surface area (Å²) in [6, 6.07) is 9.92. The zero-order valence-electron chi connectivity index (χ0n) is 13.1. The van der Waals surface area contributed by atoms with Crippen LogP contribution >= 0.6 is 0 Å². The Morgan fingerprint density at radius 2 is 1.90 bits per heavy atom. The highest BCUT2D eigenvalue weighted by Gasteiger charge is 2.42. The topological polar surface area (TPSA) is 41.6 Å². The monoisotopic (exact) mass is 290 g/mol. The molecule has 1 aromatic carbocycles. The minimum atomic E-state index is -0.776. The van der Waals surface area contributed by atoms with Gasteiger partial charge in [0.25, 0.3) is 0 Å². The van der Waals surface area contributed by atoms with Crippen LogP contribution in [0.5, 0.6) is 0 Å². The van der Waals surface area contributed by atoms with Gasteiger partial charge < -0.3 is 9.64 Å². The van der Waals surface area contributed by atoms with E-state index in [0.717, 1.165) is 25.2 Å². The molecular formula is C17H26N2O2. The van der Waals surface area contributed by atoms with Crippen LogP contribution < -0.4 is 5.32 Å². The van der Waals surface area contributed by atoms with Gasteiger partial charge in [0.1, 0.15) is 0 Å². The Morgan fingerprint density at radius 1 is 1.24 bits per heavy atom. The van der Waals surface area contributed by atoms with Crippen molar-refractivity contribution in [3.05, 3.63) is 35.9 Å². The van der Waals surface area contributed by atoms with E-state index in [4.69, 9.17) is 4.74 Å². The summed E-state index contributed by atoms with van der Waals surface area (Å²) < 4.78 is 5.14. The lowest BCUT2D eigenvalue weighted by Gasteiger charge is -2.38. The van der Waals surface area contributed by atoms with E-state index in [1.165, 1.54) is 26.4 Å². The highest BCUT2D eigenvalue weighted by molar-refractivity contribution is 5.83. The largest absolute Gasteiger partial charge is 0.467 e. The normalized spacial score (nSPS) is 19.0. The summed E-state index contributed by atoms with van der Waals surface area (Å²) in [5, 5.41) is 3.39. The summed E-state index contributed by atoms with van der Waals surface area (Å²) in [6.07, 6.45) is 3.70. The molecule has 4 nitrogen and oxygen atoms in total. The van der Waals surface area contributed by atoms with Crippen molar-refractivity contribution in [3.63, 3.8) is 0 Å². The number of hydrogen-bond donors (Lipinski definition) is 1. The fourth-order valence-corrected chi connectivity index (χ4v) is 3.16. The second kappa shape index (κ2) is 7.57. The zero-order valence-corrected chi connectivity index (χ0v) is 13.1. The van der Waals surface area contributed by atoms with Crippen LogP contribution in [-0.2, 0) is 15.1 Å². The minimum absolute atomic E-state index is 0.207. The number of likely N-dealkylation sites (N-methyl/N-ethyl adjacent to an activating group) is 1.